The summed E-state index contributed by atoms with van der Waals surface area (Å²) in [6.45, 7) is 6.47. The summed E-state index contributed by atoms with van der Waals surface area (Å²) >= 11 is 0. The molecule has 194 valence electrons. The van der Waals surface area contributed by atoms with Gasteiger partial charge in [-0.2, -0.15) is 5.10 Å². The first-order valence-corrected chi connectivity index (χ1v) is 12.6. The second-order valence-electron chi connectivity index (χ2n) is 9.55. The summed E-state index contributed by atoms with van der Waals surface area (Å²) in [7, 11) is 1.82. The van der Waals surface area contributed by atoms with Gasteiger partial charge in [0.25, 0.3) is 0 Å². The monoisotopic (exact) mass is 497 g/mol. The van der Waals surface area contributed by atoms with E-state index in [1.165, 1.54) is 12.1 Å². The highest BCUT2D eigenvalue weighted by molar-refractivity contribution is 5.65. The number of ether oxygens (including phenoxy) is 3. The number of hydrogen-bond donors (Lipinski definition) is 1. The highest BCUT2D eigenvalue weighted by atomic mass is 19.1. The number of aliphatic hydroxyl groups is 1. The summed E-state index contributed by atoms with van der Waals surface area (Å²) in [6.07, 6.45) is 1.51. The molecule has 0 spiro atoms. The zero-order valence-electron chi connectivity index (χ0n) is 21.3. The minimum Gasteiger partial charge on any atom is -0.439 e. The van der Waals surface area contributed by atoms with Crippen LogP contribution in [0.2, 0.25) is 0 Å². The Morgan fingerprint density at radius 2 is 2.00 bits per heavy atom. The van der Waals surface area contributed by atoms with Gasteiger partial charge in [-0.15, -0.1) is 0 Å². The summed E-state index contributed by atoms with van der Waals surface area (Å²) in [5.41, 5.74) is 2.61. The molecule has 0 aliphatic carbocycles. The number of halogens is 1. The fourth-order valence-electron chi connectivity index (χ4n) is 4.45. The first-order chi connectivity index (χ1) is 17.4. The Kier molecular flexibility index (Phi) is 9.09. The Morgan fingerprint density at radius 1 is 1.19 bits per heavy atom. The third kappa shape index (κ3) is 7.13. The molecule has 2 heterocycles. The van der Waals surface area contributed by atoms with Crippen LogP contribution in [0.4, 0.5) is 4.39 Å². The number of rotatable bonds is 12. The Morgan fingerprint density at radius 3 is 2.69 bits per heavy atom. The van der Waals surface area contributed by atoms with Gasteiger partial charge in [0.2, 0.25) is 5.88 Å². The summed E-state index contributed by atoms with van der Waals surface area (Å²) in [6, 6.07) is 16.0. The topological polar surface area (TPSA) is 69.0 Å². The molecule has 1 saturated heterocycles. The number of nitrogens with zero attached hydrogens (tertiary/aromatic N) is 3. The van der Waals surface area contributed by atoms with Gasteiger partial charge in [0.15, 0.2) is 0 Å². The lowest BCUT2D eigenvalue weighted by atomic mass is 10.1. The van der Waals surface area contributed by atoms with E-state index in [1.54, 1.807) is 16.8 Å². The molecular formula is C28H36FN3O4. The van der Waals surface area contributed by atoms with E-state index in [4.69, 9.17) is 19.3 Å². The third-order valence-electron chi connectivity index (χ3n) is 6.10. The van der Waals surface area contributed by atoms with Crippen LogP contribution in [-0.4, -0.2) is 64.4 Å². The lowest BCUT2D eigenvalue weighted by Gasteiger charge is -2.28. The van der Waals surface area contributed by atoms with Crippen molar-refractivity contribution in [3.63, 3.8) is 0 Å². The van der Waals surface area contributed by atoms with Gasteiger partial charge in [-0.25, -0.2) is 9.07 Å². The molecule has 1 aliphatic rings. The lowest BCUT2D eigenvalue weighted by Crippen LogP contribution is -2.39. The van der Waals surface area contributed by atoms with Crippen LogP contribution in [0.25, 0.3) is 11.3 Å². The maximum absolute atomic E-state index is 13.9. The van der Waals surface area contributed by atoms with E-state index >= 15 is 0 Å². The zero-order valence-corrected chi connectivity index (χ0v) is 21.3. The SMILES string of the molecule is CC(C)OCC(O)CN(Cc1c(-c2ccccc2)nn(C)c1Oc1cccc(F)c1)CC1CCCO1. The number of aryl methyl sites for hydroxylation is 1. The van der Waals surface area contributed by atoms with Crippen molar-refractivity contribution in [1.29, 1.82) is 0 Å². The van der Waals surface area contributed by atoms with E-state index in [0.717, 1.165) is 36.3 Å². The molecule has 1 fully saturated rings. The van der Waals surface area contributed by atoms with Gasteiger partial charge >= 0.3 is 0 Å². The second-order valence-corrected chi connectivity index (χ2v) is 9.55. The maximum Gasteiger partial charge on any atom is 0.222 e. The molecule has 0 amide bonds. The molecule has 7 nitrogen and oxygen atoms in total. The van der Waals surface area contributed by atoms with E-state index in [1.807, 2.05) is 51.2 Å². The van der Waals surface area contributed by atoms with Crippen LogP contribution in [-0.2, 0) is 23.1 Å². The van der Waals surface area contributed by atoms with E-state index in [2.05, 4.69) is 4.90 Å². The highest BCUT2D eigenvalue weighted by Crippen LogP contribution is 2.34. The van der Waals surface area contributed by atoms with Gasteiger partial charge in [0.05, 0.1) is 30.5 Å². The Hall–Kier alpha value is -2.78. The number of aromatic nitrogens is 2. The van der Waals surface area contributed by atoms with Crippen molar-refractivity contribution in [2.45, 2.75) is 51.5 Å². The van der Waals surface area contributed by atoms with Crippen molar-refractivity contribution in [2.24, 2.45) is 7.05 Å². The van der Waals surface area contributed by atoms with Gasteiger partial charge in [0.1, 0.15) is 17.3 Å². The smallest absolute Gasteiger partial charge is 0.222 e. The van der Waals surface area contributed by atoms with Crippen molar-refractivity contribution in [3.8, 4) is 22.9 Å². The van der Waals surface area contributed by atoms with Crippen LogP contribution in [0.5, 0.6) is 11.6 Å². The Labute approximate surface area is 212 Å². The molecule has 3 aromatic rings. The van der Waals surface area contributed by atoms with E-state index in [0.29, 0.717) is 31.3 Å². The molecule has 1 N–H and O–H groups in total. The van der Waals surface area contributed by atoms with Crippen molar-refractivity contribution >= 4 is 0 Å². The van der Waals surface area contributed by atoms with Gasteiger partial charge in [-0.05, 0) is 38.8 Å². The van der Waals surface area contributed by atoms with E-state index in [-0.39, 0.29) is 24.6 Å². The van der Waals surface area contributed by atoms with Crippen LogP contribution >= 0.6 is 0 Å². The molecule has 0 bridgehead atoms. The highest BCUT2D eigenvalue weighted by Gasteiger charge is 2.26. The summed E-state index contributed by atoms with van der Waals surface area (Å²) in [5, 5.41) is 15.5. The molecule has 1 aromatic heterocycles. The molecule has 0 saturated carbocycles. The molecule has 2 atom stereocenters. The largest absolute Gasteiger partial charge is 0.439 e. The van der Waals surface area contributed by atoms with Crippen molar-refractivity contribution in [1.82, 2.24) is 14.7 Å². The molecule has 8 heteroatoms. The van der Waals surface area contributed by atoms with Crippen LogP contribution in [0.3, 0.4) is 0 Å². The summed E-state index contributed by atoms with van der Waals surface area (Å²) in [5.74, 6) is 0.562. The average Bonchev–Trinajstić information content (AvgIpc) is 3.47. The van der Waals surface area contributed by atoms with Gasteiger partial charge in [-0.1, -0.05) is 36.4 Å². The van der Waals surface area contributed by atoms with Crippen LogP contribution < -0.4 is 4.74 Å². The molecule has 36 heavy (non-hydrogen) atoms. The van der Waals surface area contributed by atoms with Crippen molar-refractivity contribution < 1.29 is 23.7 Å². The zero-order chi connectivity index (χ0) is 25.5. The molecule has 4 rings (SSSR count). The van der Waals surface area contributed by atoms with Crippen molar-refractivity contribution in [3.05, 3.63) is 66.0 Å². The van der Waals surface area contributed by atoms with E-state index < -0.39 is 6.10 Å². The Balaban J connectivity index is 1.66. The van der Waals surface area contributed by atoms with Crippen LogP contribution in [0.1, 0.15) is 32.3 Å². The fraction of sp³-hybridized carbons (Fsp3) is 0.464. The molecule has 1 aliphatic heterocycles. The minimum absolute atomic E-state index is 0.0422. The minimum atomic E-state index is -0.654. The third-order valence-corrected chi connectivity index (χ3v) is 6.10. The number of aliphatic hydroxyl groups excluding tert-OH is 1. The standard InChI is InChI=1S/C28H36FN3O4/c1-20(2)35-19-23(33)16-32(17-25-13-8-14-34-25)18-26-27(21-9-5-4-6-10-21)30-31(3)28(26)36-24-12-7-11-22(29)15-24/h4-7,9-12,15,20,23,25,33H,8,13-14,16-19H2,1-3H3. The number of hydrogen-bond acceptors (Lipinski definition) is 6. The van der Waals surface area contributed by atoms with Gasteiger partial charge < -0.3 is 19.3 Å². The second kappa shape index (κ2) is 12.5. The predicted octanol–water partition coefficient (Wildman–Crippen LogP) is 4.79. The normalized spacial score (nSPS) is 16.7. The molecule has 2 unspecified atom stereocenters. The van der Waals surface area contributed by atoms with E-state index in [9.17, 15) is 9.50 Å². The van der Waals surface area contributed by atoms with Crippen LogP contribution in [0, 0.1) is 5.82 Å². The number of benzene rings is 2. The average molecular weight is 498 g/mol. The Bertz CT molecular complexity index is 1100. The molecule has 0 radical (unpaired) electrons. The molecular weight excluding hydrogens is 461 g/mol. The fourth-order valence-corrected chi connectivity index (χ4v) is 4.45. The summed E-state index contributed by atoms with van der Waals surface area (Å²) in [4.78, 5) is 2.17. The summed E-state index contributed by atoms with van der Waals surface area (Å²) < 4.78 is 33.3. The predicted molar refractivity (Wildman–Crippen MR) is 136 cm³/mol. The first-order valence-electron chi connectivity index (χ1n) is 12.6. The quantitative estimate of drug-likeness (QED) is 0.388. The van der Waals surface area contributed by atoms with Crippen molar-refractivity contribution in [2.75, 3.05) is 26.3 Å². The van der Waals surface area contributed by atoms with Crippen LogP contribution in [0.15, 0.2) is 54.6 Å². The van der Waals surface area contributed by atoms with Gasteiger partial charge in [-0.3, -0.25) is 4.90 Å². The van der Waals surface area contributed by atoms with Gasteiger partial charge in [0, 0.05) is 44.9 Å². The first kappa shape index (κ1) is 26.3. The lowest BCUT2D eigenvalue weighted by molar-refractivity contribution is -0.0172. The maximum atomic E-state index is 13.9. The molecule has 2 aromatic carbocycles.